The molecule has 19 heavy (non-hydrogen) atoms. The van der Waals surface area contributed by atoms with E-state index in [-0.39, 0.29) is 12.9 Å². The van der Waals surface area contributed by atoms with Crippen molar-refractivity contribution in [2.24, 2.45) is 0 Å². The van der Waals surface area contributed by atoms with Crippen LogP contribution in [0.5, 0.6) is 17.2 Å². The van der Waals surface area contributed by atoms with Crippen molar-refractivity contribution in [3.63, 3.8) is 0 Å². The van der Waals surface area contributed by atoms with E-state index in [4.69, 9.17) is 18.9 Å². The van der Waals surface area contributed by atoms with Crippen molar-refractivity contribution >= 4 is 0 Å². The molecule has 1 aromatic carbocycles. The Kier molecular flexibility index (Phi) is 3.75. The van der Waals surface area contributed by atoms with Crippen molar-refractivity contribution in [2.45, 2.75) is 25.5 Å². The predicted octanol–water partition coefficient (Wildman–Crippen LogP) is 1.56. The lowest BCUT2D eigenvalue weighted by molar-refractivity contribution is -0.0143. The molecule has 1 aromatic rings. The Hall–Kier alpha value is -1.46. The van der Waals surface area contributed by atoms with Crippen LogP contribution in [-0.2, 0) is 4.74 Å². The zero-order chi connectivity index (χ0) is 13.1. The largest absolute Gasteiger partial charge is 0.486 e. The molecule has 0 aromatic heterocycles. The third-order valence-electron chi connectivity index (χ3n) is 3.40. The second-order valence-corrected chi connectivity index (χ2v) is 4.70. The number of likely N-dealkylation sites (N-methyl/N-ethyl adjacent to an activating group) is 1. The average Bonchev–Trinajstić information content (AvgIpc) is 2.89. The molecule has 0 bridgehead atoms. The number of nitrogens with one attached hydrogen (secondary N) is 1. The lowest BCUT2D eigenvalue weighted by Crippen LogP contribution is -2.49. The van der Waals surface area contributed by atoms with Gasteiger partial charge < -0.3 is 24.3 Å². The van der Waals surface area contributed by atoms with Crippen LogP contribution < -0.4 is 19.5 Å². The molecule has 1 fully saturated rings. The maximum atomic E-state index is 6.02. The fourth-order valence-electron chi connectivity index (χ4n) is 2.45. The molecule has 0 amide bonds. The molecular weight excluding hydrogens is 246 g/mol. The van der Waals surface area contributed by atoms with Crippen LogP contribution in [0.1, 0.15) is 13.3 Å². The summed E-state index contributed by atoms with van der Waals surface area (Å²) < 4.78 is 22.2. The number of ether oxygens (including phenoxy) is 4. The monoisotopic (exact) mass is 265 g/mol. The van der Waals surface area contributed by atoms with Gasteiger partial charge in [-0.15, -0.1) is 0 Å². The highest BCUT2D eigenvalue weighted by atomic mass is 16.7. The van der Waals surface area contributed by atoms with Gasteiger partial charge in [-0.25, -0.2) is 0 Å². The normalized spacial score (nSPS) is 25.3. The van der Waals surface area contributed by atoms with Crippen LogP contribution in [0, 0.1) is 0 Å². The summed E-state index contributed by atoms with van der Waals surface area (Å²) in [5, 5.41) is 3.45. The lowest BCUT2D eigenvalue weighted by atomic mass is 10.1. The van der Waals surface area contributed by atoms with Crippen LogP contribution >= 0.6 is 0 Å². The van der Waals surface area contributed by atoms with E-state index in [1.807, 2.05) is 18.2 Å². The number of fused-ring (bicyclic) bond motifs is 1. The minimum absolute atomic E-state index is 0.0362. The highest BCUT2D eigenvalue weighted by Crippen LogP contribution is 2.35. The van der Waals surface area contributed by atoms with Crippen molar-refractivity contribution < 1.29 is 18.9 Å². The highest BCUT2D eigenvalue weighted by molar-refractivity contribution is 5.46. The quantitative estimate of drug-likeness (QED) is 0.895. The van der Waals surface area contributed by atoms with Gasteiger partial charge in [-0.3, -0.25) is 0 Å². The molecule has 3 rings (SSSR count). The molecule has 2 heterocycles. The average molecular weight is 265 g/mol. The minimum atomic E-state index is 0.0362. The lowest BCUT2D eigenvalue weighted by Gasteiger charge is -2.32. The van der Waals surface area contributed by atoms with Crippen molar-refractivity contribution in [2.75, 3.05) is 26.6 Å². The van der Waals surface area contributed by atoms with Crippen molar-refractivity contribution in [1.29, 1.82) is 0 Å². The fraction of sp³-hybridized carbons (Fsp3) is 0.571. The maximum Gasteiger partial charge on any atom is 0.231 e. The Morgan fingerprint density at radius 2 is 2.21 bits per heavy atom. The topological polar surface area (TPSA) is 49.0 Å². The van der Waals surface area contributed by atoms with Gasteiger partial charge in [-0.2, -0.15) is 0 Å². The third-order valence-corrected chi connectivity index (χ3v) is 3.40. The van der Waals surface area contributed by atoms with Crippen LogP contribution in [0.4, 0.5) is 0 Å². The first-order valence-corrected chi connectivity index (χ1v) is 6.74. The van der Waals surface area contributed by atoms with Gasteiger partial charge in [-0.1, -0.05) is 6.92 Å². The predicted molar refractivity (Wildman–Crippen MR) is 69.9 cm³/mol. The smallest absolute Gasteiger partial charge is 0.231 e. The number of hydrogen-bond donors (Lipinski definition) is 1. The molecule has 5 nitrogen and oxygen atoms in total. The second-order valence-electron chi connectivity index (χ2n) is 4.70. The van der Waals surface area contributed by atoms with Crippen LogP contribution in [0.15, 0.2) is 18.2 Å². The molecule has 0 aliphatic carbocycles. The maximum absolute atomic E-state index is 6.02. The van der Waals surface area contributed by atoms with Crippen molar-refractivity contribution in [3.8, 4) is 17.2 Å². The van der Waals surface area contributed by atoms with E-state index < -0.39 is 0 Å². The summed E-state index contributed by atoms with van der Waals surface area (Å²) >= 11 is 0. The van der Waals surface area contributed by atoms with Gasteiger partial charge in [0.15, 0.2) is 11.5 Å². The number of rotatable bonds is 4. The Morgan fingerprint density at radius 1 is 1.32 bits per heavy atom. The van der Waals surface area contributed by atoms with Gasteiger partial charge in [0.2, 0.25) is 6.79 Å². The van der Waals surface area contributed by atoms with E-state index in [9.17, 15) is 0 Å². The first-order chi connectivity index (χ1) is 9.36. The third kappa shape index (κ3) is 2.77. The molecule has 2 aliphatic rings. The Labute approximate surface area is 112 Å². The summed E-state index contributed by atoms with van der Waals surface area (Å²) in [7, 11) is 0. The van der Waals surface area contributed by atoms with E-state index in [0.717, 1.165) is 36.8 Å². The summed E-state index contributed by atoms with van der Waals surface area (Å²) in [6.07, 6.45) is 1.01. The van der Waals surface area contributed by atoms with Gasteiger partial charge in [-0.05, 0) is 25.1 Å². The van der Waals surface area contributed by atoms with Gasteiger partial charge >= 0.3 is 0 Å². The van der Waals surface area contributed by atoms with E-state index in [0.29, 0.717) is 12.6 Å². The molecule has 5 heteroatoms. The van der Waals surface area contributed by atoms with Gasteiger partial charge in [0, 0.05) is 18.7 Å². The standard InChI is InChI=1S/C14H19NO4/c1-2-15-11-5-6-16-8-14(11)19-10-3-4-12-13(7-10)18-9-17-12/h3-4,7,11,14-15H,2,5-6,8-9H2,1H3. The van der Waals surface area contributed by atoms with E-state index >= 15 is 0 Å². The van der Waals surface area contributed by atoms with Gasteiger partial charge in [0.25, 0.3) is 0 Å². The summed E-state index contributed by atoms with van der Waals surface area (Å²) in [5.74, 6) is 2.31. The van der Waals surface area contributed by atoms with Crippen molar-refractivity contribution in [3.05, 3.63) is 18.2 Å². The van der Waals surface area contributed by atoms with E-state index in [2.05, 4.69) is 12.2 Å². The Balaban J connectivity index is 1.69. The summed E-state index contributed by atoms with van der Waals surface area (Å²) in [6, 6.07) is 6.00. The summed E-state index contributed by atoms with van der Waals surface area (Å²) in [5.41, 5.74) is 0. The fourth-order valence-corrected chi connectivity index (χ4v) is 2.45. The number of benzene rings is 1. The van der Waals surface area contributed by atoms with Gasteiger partial charge in [0.05, 0.1) is 6.61 Å². The Bertz CT molecular complexity index is 435. The molecule has 0 saturated carbocycles. The molecule has 2 aliphatic heterocycles. The second kappa shape index (κ2) is 5.67. The zero-order valence-electron chi connectivity index (χ0n) is 11.1. The molecule has 2 unspecified atom stereocenters. The SMILES string of the molecule is CCNC1CCOCC1Oc1ccc2c(c1)OCO2. The molecule has 1 saturated heterocycles. The number of hydrogen-bond acceptors (Lipinski definition) is 5. The van der Waals surface area contributed by atoms with Crippen LogP contribution in [-0.4, -0.2) is 38.7 Å². The van der Waals surface area contributed by atoms with Crippen LogP contribution in [0.2, 0.25) is 0 Å². The zero-order valence-corrected chi connectivity index (χ0v) is 11.1. The molecule has 0 spiro atoms. The van der Waals surface area contributed by atoms with Crippen LogP contribution in [0.25, 0.3) is 0 Å². The highest BCUT2D eigenvalue weighted by Gasteiger charge is 2.27. The van der Waals surface area contributed by atoms with E-state index in [1.54, 1.807) is 0 Å². The van der Waals surface area contributed by atoms with Crippen LogP contribution in [0.3, 0.4) is 0 Å². The minimum Gasteiger partial charge on any atom is -0.486 e. The first-order valence-electron chi connectivity index (χ1n) is 6.74. The van der Waals surface area contributed by atoms with E-state index in [1.165, 1.54) is 0 Å². The Morgan fingerprint density at radius 3 is 3.11 bits per heavy atom. The summed E-state index contributed by atoms with van der Waals surface area (Å²) in [4.78, 5) is 0. The molecule has 2 atom stereocenters. The first kappa shape index (κ1) is 12.6. The molecule has 1 N–H and O–H groups in total. The molecule has 0 radical (unpaired) electrons. The van der Waals surface area contributed by atoms with Crippen molar-refractivity contribution in [1.82, 2.24) is 5.32 Å². The molecular formula is C14H19NO4. The van der Waals surface area contributed by atoms with Gasteiger partial charge in [0.1, 0.15) is 11.9 Å². The summed E-state index contributed by atoms with van der Waals surface area (Å²) in [6.45, 7) is 4.73. The molecule has 104 valence electrons.